The van der Waals surface area contributed by atoms with Crippen LogP contribution in [-0.2, 0) is 9.47 Å². The fraction of sp³-hybridized carbons (Fsp3) is 0.462. The molecule has 10 nitrogen and oxygen atoms in total. The second-order valence-electron chi connectivity index (χ2n) is 4.96. The second kappa shape index (κ2) is 6.56. The summed E-state index contributed by atoms with van der Waals surface area (Å²) >= 11 is 0. The van der Waals surface area contributed by atoms with E-state index < -0.39 is 60.5 Å². The minimum atomic E-state index is -1.80. The van der Waals surface area contributed by atoms with Crippen LogP contribution in [-0.4, -0.2) is 79.0 Å². The van der Waals surface area contributed by atoms with E-state index in [1.54, 1.807) is 0 Å². The maximum Gasteiger partial charge on any atom is 0.338 e. The van der Waals surface area contributed by atoms with Gasteiger partial charge in [-0.15, -0.1) is 0 Å². The number of aliphatic hydroxyl groups excluding tert-OH is 4. The Kier molecular flexibility index (Phi) is 4.92. The van der Waals surface area contributed by atoms with E-state index in [1.165, 1.54) is 0 Å². The number of benzene rings is 1. The highest BCUT2D eigenvalue weighted by Gasteiger charge is 2.46. The number of hydrogen-bond acceptors (Lipinski definition) is 10. The van der Waals surface area contributed by atoms with Crippen molar-refractivity contribution < 1.29 is 50.0 Å². The number of esters is 1. The summed E-state index contributed by atoms with van der Waals surface area (Å²) in [6.07, 6.45) is -8.11. The van der Waals surface area contributed by atoms with E-state index in [-0.39, 0.29) is 5.56 Å². The lowest BCUT2D eigenvalue weighted by atomic mass is 9.99. The van der Waals surface area contributed by atoms with Crippen molar-refractivity contribution in [3.8, 4) is 17.2 Å². The molecule has 0 bridgehead atoms. The Morgan fingerprint density at radius 2 is 1.65 bits per heavy atom. The van der Waals surface area contributed by atoms with Crippen LogP contribution in [0.1, 0.15) is 10.4 Å². The highest BCUT2D eigenvalue weighted by Crippen LogP contribution is 2.36. The fourth-order valence-electron chi connectivity index (χ4n) is 2.12. The van der Waals surface area contributed by atoms with Crippen molar-refractivity contribution in [1.82, 2.24) is 0 Å². The summed E-state index contributed by atoms with van der Waals surface area (Å²) in [6.45, 7) is -0.695. The van der Waals surface area contributed by atoms with Gasteiger partial charge in [-0.2, -0.15) is 0 Å². The highest BCUT2D eigenvalue weighted by molar-refractivity contribution is 5.91. The van der Waals surface area contributed by atoms with Crippen molar-refractivity contribution in [3.63, 3.8) is 0 Å². The molecular weight excluding hydrogens is 316 g/mol. The van der Waals surface area contributed by atoms with Crippen LogP contribution >= 0.6 is 0 Å². The van der Waals surface area contributed by atoms with Crippen LogP contribution in [0.5, 0.6) is 17.2 Å². The number of phenols is 3. The van der Waals surface area contributed by atoms with E-state index in [0.717, 1.165) is 12.1 Å². The number of aliphatic hydroxyl groups is 4. The Labute approximate surface area is 129 Å². The molecule has 0 amide bonds. The van der Waals surface area contributed by atoms with Gasteiger partial charge < -0.3 is 45.2 Å². The molecule has 7 N–H and O–H groups in total. The van der Waals surface area contributed by atoms with Crippen molar-refractivity contribution >= 4 is 5.97 Å². The van der Waals surface area contributed by atoms with Crippen LogP contribution in [0.4, 0.5) is 0 Å². The molecule has 1 aromatic rings. The summed E-state index contributed by atoms with van der Waals surface area (Å²) in [4.78, 5) is 12.0. The van der Waals surface area contributed by atoms with Gasteiger partial charge >= 0.3 is 5.97 Å². The Hall–Kier alpha value is -2.11. The molecule has 0 aromatic heterocycles. The van der Waals surface area contributed by atoms with Crippen molar-refractivity contribution in [1.29, 1.82) is 0 Å². The van der Waals surface area contributed by atoms with Crippen molar-refractivity contribution in [2.45, 2.75) is 30.7 Å². The third-order valence-electron chi connectivity index (χ3n) is 3.39. The molecule has 1 aliphatic heterocycles. The fourth-order valence-corrected chi connectivity index (χ4v) is 2.12. The van der Waals surface area contributed by atoms with Gasteiger partial charge in [-0.1, -0.05) is 0 Å². The van der Waals surface area contributed by atoms with Crippen molar-refractivity contribution in [2.24, 2.45) is 0 Å². The summed E-state index contributed by atoms with van der Waals surface area (Å²) in [5.41, 5.74) is -0.376. The van der Waals surface area contributed by atoms with Crippen LogP contribution in [0, 0.1) is 0 Å². The molecular formula is C13H16O10. The minimum Gasteiger partial charge on any atom is -0.504 e. The van der Waals surface area contributed by atoms with Crippen molar-refractivity contribution in [2.75, 3.05) is 6.61 Å². The molecule has 1 aromatic carbocycles. The Balaban J connectivity index is 2.21. The molecule has 0 aliphatic carbocycles. The van der Waals surface area contributed by atoms with Gasteiger partial charge in [-0.05, 0) is 12.1 Å². The molecule has 1 heterocycles. The van der Waals surface area contributed by atoms with Crippen LogP contribution in [0.15, 0.2) is 12.1 Å². The first-order valence-corrected chi connectivity index (χ1v) is 6.52. The molecule has 2 rings (SSSR count). The van der Waals surface area contributed by atoms with Gasteiger partial charge in [-0.25, -0.2) is 4.79 Å². The first-order chi connectivity index (χ1) is 10.8. The third kappa shape index (κ3) is 3.30. The first-order valence-electron chi connectivity index (χ1n) is 6.52. The van der Waals surface area contributed by atoms with Gasteiger partial charge in [0.05, 0.1) is 12.2 Å². The van der Waals surface area contributed by atoms with Crippen LogP contribution in [0.3, 0.4) is 0 Å². The lowest BCUT2D eigenvalue weighted by Gasteiger charge is -2.39. The van der Waals surface area contributed by atoms with E-state index in [1.807, 2.05) is 0 Å². The minimum absolute atomic E-state index is 0.376. The maximum atomic E-state index is 12.0. The van der Waals surface area contributed by atoms with Gasteiger partial charge in [0, 0.05) is 0 Å². The van der Waals surface area contributed by atoms with Crippen LogP contribution in [0.2, 0.25) is 0 Å². The van der Waals surface area contributed by atoms with Gasteiger partial charge in [0.25, 0.3) is 0 Å². The number of hydrogen-bond donors (Lipinski definition) is 7. The number of carbonyl (C=O) groups excluding carboxylic acids is 1. The van der Waals surface area contributed by atoms with Crippen molar-refractivity contribution in [3.05, 3.63) is 17.7 Å². The average molecular weight is 332 g/mol. The molecule has 0 spiro atoms. The van der Waals surface area contributed by atoms with Crippen LogP contribution < -0.4 is 0 Å². The summed E-state index contributed by atoms with van der Waals surface area (Å²) in [6, 6.07) is 1.60. The summed E-state index contributed by atoms with van der Waals surface area (Å²) in [5, 5.41) is 66.0. The zero-order valence-electron chi connectivity index (χ0n) is 11.6. The molecule has 23 heavy (non-hydrogen) atoms. The predicted molar refractivity (Wildman–Crippen MR) is 70.6 cm³/mol. The lowest BCUT2D eigenvalue weighted by Crippen LogP contribution is -2.59. The zero-order valence-corrected chi connectivity index (χ0v) is 11.6. The Morgan fingerprint density at radius 3 is 2.17 bits per heavy atom. The quantitative estimate of drug-likeness (QED) is 0.236. The number of ether oxygens (including phenoxy) is 2. The highest BCUT2D eigenvalue weighted by atomic mass is 16.7. The van der Waals surface area contributed by atoms with E-state index in [2.05, 4.69) is 0 Å². The van der Waals surface area contributed by atoms with Gasteiger partial charge in [0.1, 0.15) is 18.3 Å². The molecule has 0 radical (unpaired) electrons. The number of aromatic hydroxyl groups is 3. The molecule has 1 saturated heterocycles. The second-order valence-corrected chi connectivity index (χ2v) is 4.96. The monoisotopic (exact) mass is 332 g/mol. The molecule has 10 heteroatoms. The molecule has 128 valence electrons. The normalized spacial score (nSPS) is 30.9. The number of rotatable bonds is 3. The van der Waals surface area contributed by atoms with E-state index >= 15 is 0 Å². The zero-order chi connectivity index (χ0) is 17.3. The molecule has 1 aliphatic rings. The Bertz CT molecular complexity index is 565. The number of carbonyl (C=O) groups is 1. The predicted octanol–water partition coefficient (Wildman–Crippen LogP) is -2.24. The smallest absolute Gasteiger partial charge is 0.338 e. The topological polar surface area (TPSA) is 177 Å². The van der Waals surface area contributed by atoms with Crippen LogP contribution in [0.25, 0.3) is 0 Å². The van der Waals surface area contributed by atoms with Gasteiger partial charge in [-0.3, -0.25) is 0 Å². The Morgan fingerprint density at radius 1 is 1.09 bits per heavy atom. The lowest BCUT2D eigenvalue weighted by molar-refractivity contribution is -0.285. The largest absolute Gasteiger partial charge is 0.504 e. The maximum absolute atomic E-state index is 12.0. The molecule has 1 unspecified atom stereocenters. The molecule has 0 saturated carbocycles. The number of phenolic OH excluding ortho intramolecular Hbond substituents is 3. The summed E-state index contributed by atoms with van der Waals surface area (Å²) < 4.78 is 9.59. The van der Waals surface area contributed by atoms with Gasteiger partial charge in [0.2, 0.25) is 0 Å². The first kappa shape index (κ1) is 17.2. The summed E-state index contributed by atoms with van der Waals surface area (Å²) in [7, 11) is 0. The van der Waals surface area contributed by atoms with E-state index in [0.29, 0.717) is 0 Å². The third-order valence-corrected chi connectivity index (χ3v) is 3.39. The van der Waals surface area contributed by atoms with E-state index in [9.17, 15) is 35.4 Å². The standard InChI is InChI=1S/C13H16O10/c14-3-7-9(18)11(10(19)13(21)22-7)23-12(20)4-1-5(15)8(17)6(16)2-4/h1-2,7,9-11,13-19,21H,3H2/t7-,9-,10-,11+,13?/m1/s1. The molecule has 5 atom stereocenters. The average Bonchev–Trinajstić information content (AvgIpc) is 2.51. The molecule has 1 fully saturated rings. The summed E-state index contributed by atoms with van der Waals surface area (Å²) in [5.74, 6) is -3.55. The SMILES string of the molecule is O=C(O[C@H]1[C@H](O)[C@@H](CO)OC(O)[C@@H]1O)c1cc(O)c(O)c(O)c1. The van der Waals surface area contributed by atoms with Gasteiger partial charge in [0.15, 0.2) is 29.6 Å². The van der Waals surface area contributed by atoms with E-state index in [4.69, 9.17) is 14.6 Å².